The van der Waals surface area contributed by atoms with E-state index in [-0.39, 0.29) is 25.0 Å². The van der Waals surface area contributed by atoms with Crippen molar-refractivity contribution in [1.82, 2.24) is 0 Å². The highest BCUT2D eigenvalue weighted by Crippen LogP contribution is 2.35. The molecule has 1 atom stereocenters. The summed E-state index contributed by atoms with van der Waals surface area (Å²) in [6.07, 6.45) is 0.130. The molecule has 1 nitrogen and oxygen atoms in total. The quantitative estimate of drug-likeness (QED) is 0.578. The molecule has 0 aromatic carbocycles. The highest BCUT2D eigenvalue weighted by molar-refractivity contribution is 5.81. The highest BCUT2D eigenvalue weighted by atomic mass is 19.3. The molecule has 1 rings (SSSR count). The Kier molecular flexibility index (Phi) is 2.25. The van der Waals surface area contributed by atoms with Crippen LogP contribution in [0.5, 0.6) is 0 Å². The van der Waals surface area contributed by atoms with Gasteiger partial charge in [-0.15, -0.1) is 0 Å². The molecular weight excluding hydrogens is 150 g/mol. The van der Waals surface area contributed by atoms with Crippen LogP contribution in [0.1, 0.15) is 32.6 Å². The largest absolute Gasteiger partial charge is 0.299 e. The first-order valence-corrected chi connectivity index (χ1v) is 3.96. The van der Waals surface area contributed by atoms with Crippen LogP contribution in [0, 0.1) is 5.92 Å². The van der Waals surface area contributed by atoms with Gasteiger partial charge in [0, 0.05) is 25.2 Å². The van der Waals surface area contributed by atoms with Crippen molar-refractivity contribution in [2.45, 2.75) is 38.5 Å². The standard InChI is InChI=1S/C8H12F2O/c1-2-6-5-8(9,10)4-3-7(6)11/h6H,2-5H2,1H3. The summed E-state index contributed by atoms with van der Waals surface area (Å²) >= 11 is 0. The second-order valence-corrected chi connectivity index (χ2v) is 3.13. The van der Waals surface area contributed by atoms with E-state index in [1.165, 1.54) is 0 Å². The number of rotatable bonds is 1. The van der Waals surface area contributed by atoms with Gasteiger partial charge >= 0.3 is 0 Å². The zero-order valence-electron chi connectivity index (χ0n) is 6.57. The van der Waals surface area contributed by atoms with Crippen LogP contribution in [-0.4, -0.2) is 11.7 Å². The van der Waals surface area contributed by atoms with Crippen molar-refractivity contribution >= 4 is 5.78 Å². The summed E-state index contributed by atoms with van der Waals surface area (Å²) in [7, 11) is 0. The summed E-state index contributed by atoms with van der Waals surface area (Å²) in [6.45, 7) is 1.78. The lowest BCUT2D eigenvalue weighted by Crippen LogP contribution is -2.32. The van der Waals surface area contributed by atoms with Crippen molar-refractivity contribution in [3.05, 3.63) is 0 Å². The Labute approximate surface area is 64.8 Å². The lowest BCUT2D eigenvalue weighted by molar-refractivity contribution is -0.135. The third-order valence-electron chi connectivity index (χ3n) is 2.23. The van der Waals surface area contributed by atoms with E-state index < -0.39 is 11.8 Å². The van der Waals surface area contributed by atoms with Crippen molar-refractivity contribution in [3.63, 3.8) is 0 Å². The summed E-state index contributed by atoms with van der Waals surface area (Å²) in [6, 6.07) is 0. The minimum atomic E-state index is -2.59. The number of carbonyl (C=O) groups is 1. The normalized spacial score (nSPS) is 30.5. The van der Waals surface area contributed by atoms with Gasteiger partial charge in [0.25, 0.3) is 0 Å². The van der Waals surface area contributed by atoms with Crippen molar-refractivity contribution in [3.8, 4) is 0 Å². The molecule has 0 heterocycles. The Balaban J connectivity index is 2.58. The minimum Gasteiger partial charge on any atom is -0.299 e. The summed E-state index contributed by atoms with van der Waals surface area (Å²) in [5.74, 6) is -2.97. The van der Waals surface area contributed by atoms with Gasteiger partial charge < -0.3 is 0 Å². The Hall–Kier alpha value is -0.470. The maximum absolute atomic E-state index is 12.7. The molecular formula is C8H12F2O. The SMILES string of the molecule is CCC1CC(F)(F)CCC1=O. The van der Waals surface area contributed by atoms with Gasteiger partial charge in [-0.05, 0) is 6.42 Å². The van der Waals surface area contributed by atoms with Gasteiger partial charge in [-0.1, -0.05) is 6.92 Å². The van der Waals surface area contributed by atoms with Gasteiger partial charge in [0.2, 0.25) is 5.92 Å². The van der Waals surface area contributed by atoms with E-state index in [0.717, 1.165) is 0 Å². The number of carbonyl (C=O) groups excluding carboxylic acids is 1. The zero-order chi connectivity index (χ0) is 8.48. The van der Waals surface area contributed by atoms with E-state index in [0.29, 0.717) is 6.42 Å². The van der Waals surface area contributed by atoms with E-state index >= 15 is 0 Å². The topological polar surface area (TPSA) is 17.1 Å². The molecule has 0 aliphatic heterocycles. The van der Waals surface area contributed by atoms with Crippen LogP contribution in [0.4, 0.5) is 8.78 Å². The van der Waals surface area contributed by atoms with Gasteiger partial charge in [0.1, 0.15) is 5.78 Å². The minimum absolute atomic E-state index is 0.0124. The van der Waals surface area contributed by atoms with Crippen LogP contribution in [0.15, 0.2) is 0 Å². The second-order valence-electron chi connectivity index (χ2n) is 3.13. The van der Waals surface area contributed by atoms with Crippen LogP contribution < -0.4 is 0 Å². The molecule has 64 valence electrons. The van der Waals surface area contributed by atoms with Crippen LogP contribution in [0.25, 0.3) is 0 Å². The number of alkyl halides is 2. The van der Waals surface area contributed by atoms with Crippen molar-refractivity contribution in [1.29, 1.82) is 0 Å². The van der Waals surface area contributed by atoms with Crippen LogP contribution in [0.3, 0.4) is 0 Å². The maximum atomic E-state index is 12.7. The number of hydrogen-bond donors (Lipinski definition) is 0. The maximum Gasteiger partial charge on any atom is 0.249 e. The molecule has 0 aromatic heterocycles. The molecule has 3 heteroatoms. The van der Waals surface area contributed by atoms with Crippen molar-refractivity contribution in [2.24, 2.45) is 5.92 Å². The monoisotopic (exact) mass is 162 g/mol. The highest BCUT2D eigenvalue weighted by Gasteiger charge is 2.39. The molecule has 11 heavy (non-hydrogen) atoms. The number of ketones is 1. The zero-order valence-corrected chi connectivity index (χ0v) is 6.57. The first-order valence-electron chi connectivity index (χ1n) is 3.96. The fourth-order valence-electron chi connectivity index (χ4n) is 1.46. The lowest BCUT2D eigenvalue weighted by Gasteiger charge is -2.26. The average molecular weight is 162 g/mol. The van der Waals surface area contributed by atoms with Gasteiger partial charge in [0.15, 0.2) is 0 Å². The summed E-state index contributed by atoms with van der Waals surface area (Å²) in [5, 5.41) is 0. The van der Waals surface area contributed by atoms with E-state index in [9.17, 15) is 13.6 Å². The first kappa shape index (κ1) is 8.62. The molecule has 0 N–H and O–H groups in total. The van der Waals surface area contributed by atoms with Crippen LogP contribution in [0.2, 0.25) is 0 Å². The molecule has 0 radical (unpaired) electrons. The number of hydrogen-bond acceptors (Lipinski definition) is 1. The van der Waals surface area contributed by atoms with Gasteiger partial charge in [-0.2, -0.15) is 0 Å². The van der Waals surface area contributed by atoms with Crippen molar-refractivity contribution < 1.29 is 13.6 Å². The second kappa shape index (κ2) is 2.88. The lowest BCUT2D eigenvalue weighted by atomic mass is 9.84. The molecule has 1 fully saturated rings. The smallest absolute Gasteiger partial charge is 0.249 e. The van der Waals surface area contributed by atoms with Gasteiger partial charge in [-0.25, -0.2) is 8.78 Å². The third-order valence-corrected chi connectivity index (χ3v) is 2.23. The van der Waals surface area contributed by atoms with Crippen molar-refractivity contribution in [2.75, 3.05) is 0 Å². The van der Waals surface area contributed by atoms with Crippen LogP contribution in [-0.2, 0) is 4.79 Å². The summed E-state index contributed by atoms with van der Waals surface area (Å²) in [5.41, 5.74) is 0. The summed E-state index contributed by atoms with van der Waals surface area (Å²) in [4.78, 5) is 11.0. The fraction of sp³-hybridized carbons (Fsp3) is 0.875. The molecule has 1 saturated carbocycles. The molecule has 1 aliphatic rings. The Morgan fingerprint density at radius 3 is 2.73 bits per heavy atom. The number of halogens is 2. The molecule has 0 saturated heterocycles. The predicted molar refractivity (Wildman–Crippen MR) is 37.6 cm³/mol. The van der Waals surface area contributed by atoms with E-state index in [2.05, 4.69) is 0 Å². The molecule has 1 unspecified atom stereocenters. The Bertz CT molecular complexity index is 165. The third kappa shape index (κ3) is 1.98. The molecule has 0 aromatic rings. The average Bonchev–Trinajstić information content (AvgIpc) is 1.94. The number of Topliss-reactive ketones (excluding diaryl/α,β-unsaturated/α-hetero) is 1. The molecule has 0 amide bonds. The Morgan fingerprint density at radius 2 is 2.27 bits per heavy atom. The molecule has 0 spiro atoms. The predicted octanol–water partition coefficient (Wildman–Crippen LogP) is 2.40. The van der Waals surface area contributed by atoms with Crippen LogP contribution >= 0.6 is 0 Å². The first-order chi connectivity index (χ1) is 5.05. The van der Waals surface area contributed by atoms with E-state index in [1.54, 1.807) is 6.92 Å². The molecule has 1 aliphatic carbocycles. The van der Waals surface area contributed by atoms with E-state index in [4.69, 9.17) is 0 Å². The summed E-state index contributed by atoms with van der Waals surface area (Å²) < 4.78 is 25.3. The molecule has 0 bridgehead atoms. The van der Waals surface area contributed by atoms with Gasteiger partial charge in [-0.3, -0.25) is 4.79 Å². The van der Waals surface area contributed by atoms with E-state index in [1.807, 2.05) is 0 Å². The van der Waals surface area contributed by atoms with Gasteiger partial charge in [0.05, 0.1) is 0 Å². The fourth-order valence-corrected chi connectivity index (χ4v) is 1.46. The Morgan fingerprint density at radius 1 is 1.64 bits per heavy atom.